The fraction of sp³-hybridized carbons (Fsp3) is 0.133. The Bertz CT molecular complexity index is 1340. The average molecular weight is 480 g/mol. The second kappa shape index (κ2) is 10.4. The standard InChI is InChI=1S/C30H25NO5/c32-29(33)18-28(20-9-8-12-22(17-20)36-21-10-2-1-3-11-21)31-30(34)35-19-27-25-15-6-4-13-23(25)24-14-5-7-16-26(24)27/h1-17,27-28H,18-19H2,(H,31,34)(H,32,33). The minimum atomic E-state index is -1.03. The van der Waals surface area contributed by atoms with Crippen molar-refractivity contribution in [3.05, 3.63) is 120 Å². The third-order valence-electron chi connectivity index (χ3n) is 6.25. The summed E-state index contributed by atoms with van der Waals surface area (Å²) in [4.78, 5) is 24.4. The highest BCUT2D eigenvalue weighted by Crippen LogP contribution is 2.44. The van der Waals surface area contributed by atoms with Crippen LogP contribution in [-0.2, 0) is 9.53 Å². The van der Waals surface area contributed by atoms with Gasteiger partial charge in [-0.1, -0.05) is 78.9 Å². The van der Waals surface area contributed by atoms with Gasteiger partial charge in [0.15, 0.2) is 0 Å². The molecule has 180 valence electrons. The first kappa shape index (κ1) is 23.2. The molecule has 4 aromatic rings. The number of carboxylic acids is 1. The molecule has 6 heteroatoms. The molecule has 0 aromatic heterocycles. The monoisotopic (exact) mass is 479 g/mol. The molecule has 0 spiro atoms. The van der Waals surface area contributed by atoms with Crippen molar-refractivity contribution in [2.45, 2.75) is 18.4 Å². The molecule has 1 amide bonds. The largest absolute Gasteiger partial charge is 0.481 e. The molecule has 1 aliphatic carbocycles. The van der Waals surface area contributed by atoms with Crippen LogP contribution in [0.15, 0.2) is 103 Å². The van der Waals surface area contributed by atoms with Crippen LogP contribution in [-0.4, -0.2) is 23.8 Å². The summed E-state index contributed by atoms with van der Waals surface area (Å²) >= 11 is 0. The molecule has 6 nitrogen and oxygen atoms in total. The number of carboxylic acid groups (broad SMARTS) is 1. The average Bonchev–Trinajstić information content (AvgIpc) is 3.21. The van der Waals surface area contributed by atoms with Crippen molar-refractivity contribution in [2.75, 3.05) is 6.61 Å². The van der Waals surface area contributed by atoms with Gasteiger partial charge in [0.05, 0.1) is 12.5 Å². The van der Waals surface area contributed by atoms with Crippen molar-refractivity contribution in [1.29, 1.82) is 0 Å². The molecule has 0 aliphatic heterocycles. The van der Waals surface area contributed by atoms with Crippen molar-refractivity contribution >= 4 is 12.1 Å². The summed E-state index contributed by atoms with van der Waals surface area (Å²) in [6, 6.07) is 31.7. The quantitative estimate of drug-likeness (QED) is 0.300. The van der Waals surface area contributed by atoms with Crippen LogP contribution in [0.4, 0.5) is 4.79 Å². The predicted molar refractivity (Wildman–Crippen MR) is 136 cm³/mol. The van der Waals surface area contributed by atoms with Gasteiger partial charge < -0.3 is 19.9 Å². The number of benzene rings is 4. The number of hydrogen-bond acceptors (Lipinski definition) is 4. The molecule has 2 N–H and O–H groups in total. The molecule has 0 bridgehead atoms. The van der Waals surface area contributed by atoms with Gasteiger partial charge in [-0.05, 0) is 52.1 Å². The number of ether oxygens (including phenoxy) is 2. The van der Waals surface area contributed by atoms with Crippen LogP contribution in [0, 0.1) is 0 Å². The lowest BCUT2D eigenvalue weighted by Gasteiger charge is -2.20. The minimum Gasteiger partial charge on any atom is -0.481 e. The molecule has 5 rings (SSSR count). The molecule has 1 atom stereocenters. The van der Waals surface area contributed by atoms with E-state index in [0.717, 1.165) is 22.3 Å². The van der Waals surface area contributed by atoms with Gasteiger partial charge in [0, 0.05) is 5.92 Å². The number of para-hydroxylation sites is 1. The maximum Gasteiger partial charge on any atom is 0.407 e. The first-order chi connectivity index (χ1) is 17.6. The van der Waals surface area contributed by atoms with Crippen molar-refractivity contribution in [3.8, 4) is 22.6 Å². The Balaban J connectivity index is 1.29. The Kier molecular flexibility index (Phi) is 6.67. The predicted octanol–water partition coefficient (Wildman–Crippen LogP) is 6.53. The normalized spacial score (nSPS) is 12.8. The highest BCUT2D eigenvalue weighted by atomic mass is 16.5. The van der Waals surface area contributed by atoms with Crippen LogP contribution in [0.25, 0.3) is 11.1 Å². The summed E-state index contributed by atoms with van der Waals surface area (Å²) in [7, 11) is 0. The molecule has 0 radical (unpaired) electrons. The van der Waals surface area contributed by atoms with E-state index in [9.17, 15) is 14.7 Å². The Morgan fingerprint density at radius 2 is 1.39 bits per heavy atom. The lowest BCUT2D eigenvalue weighted by molar-refractivity contribution is -0.137. The smallest absolute Gasteiger partial charge is 0.407 e. The van der Waals surface area contributed by atoms with Gasteiger partial charge in [0.2, 0.25) is 0 Å². The number of aliphatic carboxylic acids is 1. The number of hydrogen-bond donors (Lipinski definition) is 2. The molecule has 4 aromatic carbocycles. The highest BCUT2D eigenvalue weighted by Gasteiger charge is 2.29. The number of alkyl carbamates (subject to hydrolysis) is 1. The second-order valence-corrected chi connectivity index (χ2v) is 8.61. The Labute approximate surface area is 209 Å². The Morgan fingerprint density at radius 3 is 2.06 bits per heavy atom. The first-order valence-corrected chi connectivity index (χ1v) is 11.7. The van der Waals surface area contributed by atoms with Crippen molar-refractivity contribution in [3.63, 3.8) is 0 Å². The van der Waals surface area contributed by atoms with E-state index in [-0.39, 0.29) is 18.9 Å². The zero-order chi connectivity index (χ0) is 24.9. The van der Waals surface area contributed by atoms with Crippen LogP contribution < -0.4 is 10.1 Å². The molecule has 36 heavy (non-hydrogen) atoms. The summed E-state index contributed by atoms with van der Waals surface area (Å²) in [5.41, 5.74) is 5.11. The minimum absolute atomic E-state index is 0.0799. The van der Waals surface area contributed by atoms with Crippen LogP contribution in [0.5, 0.6) is 11.5 Å². The van der Waals surface area contributed by atoms with Crippen LogP contribution >= 0.6 is 0 Å². The Hall–Kier alpha value is -4.58. The van der Waals surface area contributed by atoms with Crippen molar-refractivity contribution < 1.29 is 24.2 Å². The summed E-state index contributed by atoms with van der Waals surface area (Å²) in [5.74, 6) is 0.0920. The second-order valence-electron chi connectivity index (χ2n) is 8.61. The summed E-state index contributed by atoms with van der Waals surface area (Å²) in [6.45, 7) is 0.150. The van der Waals surface area contributed by atoms with E-state index < -0.39 is 18.1 Å². The zero-order valence-electron chi connectivity index (χ0n) is 19.5. The van der Waals surface area contributed by atoms with E-state index in [2.05, 4.69) is 17.4 Å². The number of rotatable bonds is 8. The van der Waals surface area contributed by atoms with Gasteiger partial charge in [0.1, 0.15) is 18.1 Å². The number of carbonyl (C=O) groups excluding carboxylic acids is 1. The molecule has 0 fully saturated rings. The van der Waals surface area contributed by atoms with Gasteiger partial charge >= 0.3 is 12.1 Å². The van der Waals surface area contributed by atoms with Crippen LogP contribution in [0.1, 0.15) is 35.1 Å². The third-order valence-corrected chi connectivity index (χ3v) is 6.25. The Morgan fingerprint density at radius 1 is 0.778 bits per heavy atom. The molecular weight excluding hydrogens is 454 g/mol. The number of carbonyl (C=O) groups is 2. The molecule has 0 heterocycles. The fourth-order valence-corrected chi connectivity index (χ4v) is 4.63. The molecule has 0 saturated heterocycles. The van der Waals surface area contributed by atoms with Gasteiger partial charge in [-0.15, -0.1) is 0 Å². The van der Waals surface area contributed by atoms with E-state index >= 15 is 0 Å². The first-order valence-electron chi connectivity index (χ1n) is 11.7. The third kappa shape index (κ3) is 5.08. The SMILES string of the molecule is O=C(O)CC(NC(=O)OCC1c2ccccc2-c2ccccc21)c1cccc(Oc2ccccc2)c1. The van der Waals surface area contributed by atoms with E-state index in [1.165, 1.54) is 0 Å². The van der Waals surface area contributed by atoms with E-state index in [4.69, 9.17) is 9.47 Å². The number of fused-ring (bicyclic) bond motifs is 3. The van der Waals surface area contributed by atoms with Gasteiger partial charge in [-0.3, -0.25) is 4.79 Å². The van der Waals surface area contributed by atoms with Gasteiger partial charge in [0.25, 0.3) is 0 Å². The zero-order valence-corrected chi connectivity index (χ0v) is 19.5. The molecule has 1 unspecified atom stereocenters. The molecule has 0 saturated carbocycles. The summed E-state index contributed by atoms with van der Waals surface area (Å²) in [5, 5.41) is 12.2. The lowest BCUT2D eigenvalue weighted by atomic mass is 9.98. The molecule has 1 aliphatic rings. The van der Waals surface area contributed by atoms with Crippen molar-refractivity contribution in [1.82, 2.24) is 5.32 Å². The van der Waals surface area contributed by atoms with Crippen LogP contribution in [0.3, 0.4) is 0 Å². The number of amides is 1. The highest BCUT2D eigenvalue weighted by molar-refractivity contribution is 5.79. The maximum atomic E-state index is 12.8. The van der Waals surface area contributed by atoms with Crippen LogP contribution in [0.2, 0.25) is 0 Å². The number of nitrogens with one attached hydrogen (secondary N) is 1. The lowest BCUT2D eigenvalue weighted by Crippen LogP contribution is -2.31. The summed E-state index contributed by atoms with van der Waals surface area (Å²) in [6.07, 6.45) is -0.962. The maximum absolute atomic E-state index is 12.8. The summed E-state index contributed by atoms with van der Waals surface area (Å²) < 4.78 is 11.5. The van der Waals surface area contributed by atoms with Crippen molar-refractivity contribution in [2.24, 2.45) is 0 Å². The van der Waals surface area contributed by atoms with E-state index in [1.54, 1.807) is 24.3 Å². The van der Waals surface area contributed by atoms with Gasteiger partial charge in [-0.2, -0.15) is 0 Å². The topological polar surface area (TPSA) is 84.9 Å². The van der Waals surface area contributed by atoms with Gasteiger partial charge in [-0.25, -0.2) is 4.79 Å². The van der Waals surface area contributed by atoms with E-state index in [1.807, 2.05) is 66.7 Å². The van der Waals surface area contributed by atoms with E-state index in [0.29, 0.717) is 17.1 Å². The fourth-order valence-electron chi connectivity index (χ4n) is 4.63. The molecular formula is C30H25NO5.